The summed E-state index contributed by atoms with van der Waals surface area (Å²) in [5.74, 6) is -4.01. The highest BCUT2D eigenvalue weighted by Gasteiger charge is 2.32. The number of nitrogens with one attached hydrogen (secondary N) is 1. The van der Waals surface area contributed by atoms with Gasteiger partial charge in [0.25, 0.3) is 5.91 Å². The third-order valence-corrected chi connectivity index (χ3v) is 1.92. The van der Waals surface area contributed by atoms with Crippen molar-refractivity contribution in [1.29, 1.82) is 0 Å². The molecule has 0 bridgehead atoms. The van der Waals surface area contributed by atoms with Crippen molar-refractivity contribution in [1.82, 2.24) is 5.48 Å². The number of amides is 1. The number of benzene rings is 1. The van der Waals surface area contributed by atoms with E-state index < -0.39 is 34.8 Å². The molecule has 0 aliphatic carbocycles. The second-order valence-electron chi connectivity index (χ2n) is 3.16. The van der Waals surface area contributed by atoms with Crippen LogP contribution in [0.1, 0.15) is 11.1 Å². The summed E-state index contributed by atoms with van der Waals surface area (Å²) in [4.78, 5) is 10.6. The standard InChI is InChI=1S/C10H6F5NO2/c11-7-3-5(10(13,14)15)4-8(12)6(7)1-2-9(17)16-18/h1-4,18H,(H,16,17)/b2-1+. The molecule has 0 spiro atoms. The van der Waals surface area contributed by atoms with Gasteiger partial charge < -0.3 is 0 Å². The first-order chi connectivity index (χ1) is 8.25. The molecule has 2 N–H and O–H groups in total. The Labute approximate surface area is 97.5 Å². The van der Waals surface area contributed by atoms with Crippen molar-refractivity contribution in [3.05, 3.63) is 41.0 Å². The summed E-state index contributed by atoms with van der Waals surface area (Å²) >= 11 is 0. The Morgan fingerprint density at radius 1 is 1.22 bits per heavy atom. The fourth-order valence-corrected chi connectivity index (χ4v) is 1.10. The second-order valence-corrected chi connectivity index (χ2v) is 3.16. The molecule has 0 saturated carbocycles. The number of rotatable bonds is 2. The minimum atomic E-state index is -4.87. The van der Waals surface area contributed by atoms with Crippen LogP contribution in [0, 0.1) is 11.6 Å². The van der Waals surface area contributed by atoms with Gasteiger partial charge >= 0.3 is 6.18 Å². The molecule has 0 fully saturated rings. The number of hydroxylamine groups is 1. The van der Waals surface area contributed by atoms with Gasteiger partial charge in [-0.3, -0.25) is 10.0 Å². The Kier molecular flexibility index (Phi) is 4.02. The fourth-order valence-electron chi connectivity index (χ4n) is 1.10. The molecule has 0 radical (unpaired) electrons. The quantitative estimate of drug-likeness (QED) is 0.374. The van der Waals surface area contributed by atoms with E-state index in [4.69, 9.17) is 5.21 Å². The molecular weight excluding hydrogens is 261 g/mol. The molecule has 1 aromatic carbocycles. The Hall–Kier alpha value is -1.96. The molecule has 1 amide bonds. The van der Waals surface area contributed by atoms with Crippen molar-refractivity contribution in [3.63, 3.8) is 0 Å². The van der Waals surface area contributed by atoms with Gasteiger partial charge in [-0.15, -0.1) is 0 Å². The molecule has 98 valence electrons. The average Bonchev–Trinajstić information content (AvgIpc) is 2.26. The van der Waals surface area contributed by atoms with Crippen molar-refractivity contribution >= 4 is 12.0 Å². The van der Waals surface area contributed by atoms with E-state index in [2.05, 4.69) is 0 Å². The summed E-state index contributed by atoms with van der Waals surface area (Å²) in [6, 6.07) is 0.221. The van der Waals surface area contributed by atoms with Crippen molar-refractivity contribution in [3.8, 4) is 0 Å². The van der Waals surface area contributed by atoms with E-state index in [0.717, 1.165) is 5.48 Å². The summed E-state index contributed by atoms with van der Waals surface area (Å²) in [5.41, 5.74) is -1.13. The van der Waals surface area contributed by atoms with E-state index in [1.54, 1.807) is 0 Å². The highest BCUT2D eigenvalue weighted by atomic mass is 19.4. The van der Waals surface area contributed by atoms with Crippen LogP contribution in [-0.2, 0) is 11.0 Å². The molecule has 3 nitrogen and oxygen atoms in total. The maximum absolute atomic E-state index is 13.2. The van der Waals surface area contributed by atoms with Gasteiger partial charge in [0.15, 0.2) is 0 Å². The van der Waals surface area contributed by atoms with Crippen LogP contribution in [0.2, 0.25) is 0 Å². The van der Waals surface area contributed by atoms with Crippen LogP contribution in [-0.4, -0.2) is 11.1 Å². The van der Waals surface area contributed by atoms with E-state index in [1.807, 2.05) is 0 Å². The van der Waals surface area contributed by atoms with E-state index in [9.17, 15) is 26.7 Å². The first-order valence-corrected chi connectivity index (χ1v) is 4.44. The van der Waals surface area contributed by atoms with Gasteiger partial charge in [-0.05, 0) is 18.2 Å². The zero-order valence-electron chi connectivity index (χ0n) is 8.55. The van der Waals surface area contributed by atoms with Crippen LogP contribution in [0.25, 0.3) is 6.08 Å². The molecule has 1 aromatic rings. The molecule has 1 rings (SSSR count). The van der Waals surface area contributed by atoms with Crippen molar-refractivity contribution < 1.29 is 32.0 Å². The lowest BCUT2D eigenvalue weighted by atomic mass is 10.1. The van der Waals surface area contributed by atoms with Gasteiger partial charge in [-0.1, -0.05) is 0 Å². The summed E-state index contributed by atoms with van der Waals surface area (Å²) in [6.07, 6.45) is -3.70. The van der Waals surface area contributed by atoms with Crippen LogP contribution < -0.4 is 5.48 Å². The third-order valence-electron chi connectivity index (χ3n) is 1.92. The van der Waals surface area contributed by atoms with Crippen LogP contribution >= 0.6 is 0 Å². The SMILES string of the molecule is O=C(/C=C/c1c(F)cc(C(F)(F)F)cc1F)NO. The number of hydrogen-bond acceptors (Lipinski definition) is 2. The normalized spacial score (nSPS) is 11.9. The average molecular weight is 267 g/mol. The number of hydrogen-bond donors (Lipinski definition) is 2. The monoisotopic (exact) mass is 267 g/mol. The number of carbonyl (C=O) groups excluding carboxylic acids is 1. The van der Waals surface area contributed by atoms with Gasteiger partial charge in [0.05, 0.1) is 5.56 Å². The van der Waals surface area contributed by atoms with Gasteiger partial charge in [-0.25, -0.2) is 14.3 Å². The summed E-state index contributed by atoms with van der Waals surface area (Å²) in [7, 11) is 0. The second kappa shape index (κ2) is 5.13. The molecule has 0 saturated heterocycles. The lowest BCUT2D eigenvalue weighted by Gasteiger charge is -2.08. The molecule has 0 heterocycles. The van der Waals surface area contributed by atoms with Crippen molar-refractivity contribution in [2.45, 2.75) is 6.18 Å². The number of carbonyl (C=O) groups is 1. The maximum Gasteiger partial charge on any atom is 0.416 e. The van der Waals surface area contributed by atoms with E-state index in [0.29, 0.717) is 12.2 Å². The number of alkyl halides is 3. The highest BCUT2D eigenvalue weighted by molar-refractivity contribution is 5.90. The van der Waals surface area contributed by atoms with Gasteiger partial charge in [0, 0.05) is 11.6 Å². The predicted octanol–water partition coefficient (Wildman–Crippen LogP) is 2.50. The van der Waals surface area contributed by atoms with Crippen molar-refractivity contribution in [2.75, 3.05) is 0 Å². The highest BCUT2D eigenvalue weighted by Crippen LogP contribution is 2.31. The van der Waals surface area contributed by atoms with Gasteiger partial charge in [0.1, 0.15) is 11.6 Å². The zero-order chi connectivity index (χ0) is 13.9. The minimum Gasteiger partial charge on any atom is -0.288 e. The lowest BCUT2D eigenvalue weighted by molar-refractivity contribution is -0.138. The Balaban J connectivity index is 3.17. The molecule has 18 heavy (non-hydrogen) atoms. The molecule has 0 aromatic heterocycles. The third kappa shape index (κ3) is 3.27. The largest absolute Gasteiger partial charge is 0.416 e. The minimum absolute atomic E-state index is 0.111. The summed E-state index contributed by atoms with van der Waals surface area (Å²) < 4.78 is 63.0. The van der Waals surface area contributed by atoms with Crippen LogP contribution in [0.3, 0.4) is 0 Å². The van der Waals surface area contributed by atoms with Gasteiger partial charge in [-0.2, -0.15) is 13.2 Å². The van der Waals surface area contributed by atoms with Gasteiger partial charge in [0.2, 0.25) is 0 Å². The first kappa shape index (κ1) is 14.1. The molecule has 8 heteroatoms. The maximum atomic E-state index is 13.2. The molecule has 0 aliphatic rings. The van der Waals surface area contributed by atoms with E-state index in [-0.39, 0.29) is 12.1 Å². The summed E-state index contributed by atoms with van der Waals surface area (Å²) in [5, 5.41) is 8.12. The Morgan fingerprint density at radius 3 is 2.11 bits per heavy atom. The van der Waals surface area contributed by atoms with Crippen LogP contribution in [0.4, 0.5) is 22.0 Å². The fraction of sp³-hybridized carbons (Fsp3) is 0.100. The molecule has 0 atom stereocenters. The van der Waals surface area contributed by atoms with Crippen molar-refractivity contribution in [2.24, 2.45) is 0 Å². The summed E-state index contributed by atoms with van der Waals surface area (Å²) in [6.45, 7) is 0. The molecular formula is C10H6F5NO2. The number of halogens is 5. The van der Waals surface area contributed by atoms with E-state index >= 15 is 0 Å². The van der Waals surface area contributed by atoms with Crippen LogP contribution in [0.15, 0.2) is 18.2 Å². The predicted molar refractivity (Wildman–Crippen MR) is 50.3 cm³/mol. The molecule has 0 aliphatic heterocycles. The Bertz CT molecular complexity index is 473. The lowest BCUT2D eigenvalue weighted by Crippen LogP contribution is -2.15. The Morgan fingerprint density at radius 2 is 1.72 bits per heavy atom. The zero-order valence-corrected chi connectivity index (χ0v) is 8.55. The topological polar surface area (TPSA) is 49.3 Å². The molecule has 0 unspecified atom stereocenters. The van der Waals surface area contributed by atoms with Crippen LogP contribution in [0.5, 0.6) is 0 Å². The van der Waals surface area contributed by atoms with E-state index in [1.165, 1.54) is 0 Å². The first-order valence-electron chi connectivity index (χ1n) is 4.44. The smallest absolute Gasteiger partial charge is 0.288 e.